The highest BCUT2D eigenvalue weighted by atomic mass is 19.1. The zero-order chi connectivity index (χ0) is 17.7. The normalized spacial score (nSPS) is 21.9. The first-order chi connectivity index (χ1) is 11.4. The van der Waals surface area contributed by atoms with Crippen molar-refractivity contribution in [3.63, 3.8) is 0 Å². The smallest absolute Gasteiger partial charge is 0.366 e. The minimum Gasteiger partial charge on any atom is -0.461 e. The summed E-state index contributed by atoms with van der Waals surface area (Å²) in [6.07, 6.45) is 1.06. The summed E-state index contributed by atoms with van der Waals surface area (Å²) in [5.41, 5.74) is 0.350. The van der Waals surface area contributed by atoms with Crippen molar-refractivity contribution in [2.45, 2.75) is 20.5 Å². The molecule has 6 heteroatoms. The van der Waals surface area contributed by atoms with Gasteiger partial charge in [0, 0.05) is 0 Å². The van der Waals surface area contributed by atoms with Crippen molar-refractivity contribution < 1.29 is 27.8 Å². The maximum atomic E-state index is 13.8. The molecular formula is C18H20F2O4. The molecule has 24 heavy (non-hydrogen) atoms. The number of allylic oxidation sites excluding steroid dienone is 1. The SMILES string of the molecule is CC1(C)[C@H](C(=O)OCc2ccccc2)[C@@H]1/C=C(/F)C(=O)OCCF. The third-order valence-corrected chi connectivity index (χ3v) is 4.22. The van der Waals surface area contributed by atoms with E-state index in [0.717, 1.165) is 11.6 Å². The highest BCUT2D eigenvalue weighted by Gasteiger charge is 2.62. The van der Waals surface area contributed by atoms with E-state index in [9.17, 15) is 18.4 Å². The van der Waals surface area contributed by atoms with Gasteiger partial charge in [-0.2, -0.15) is 4.39 Å². The van der Waals surface area contributed by atoms with Crippen molar-refractivity contribution in [1.29, 1.82) is 0 Å². The number of alkyl halides is 1. The molecule has 0 radical (unpaired) electrons. The van der Waals surface area contributed by atoms with Gasteiger partial charge in [-0.1, -0.05) is 44.2 Å². The van der Waals surface area contributed by atoms with E-state index in [2.05, 4.69) is 4.74 Å². The van der Waals surface area contributed by atoms with Gasteiger partial charge in [0.2, 0.25) is 5.83 Å². The predicted octanol–water partition coefficient (Wildman–Crippen LogP) is 3.37. The Morgan fingerprint density at radius 1 is 1.21 bits per heavy atom. The highest BCUT2D eigenvalue weighted by molar-refractivity contribution is 5.86. The van der Waals surface area contributed by atoms with E-state index in [1.165, 1.54) is 0 Å². The van der Waals surface area contributed by atoms with Crippen LogP contribution in [0.5, 0.6) is 0 Å². The second kappa shape index (κ2) is 7.55. The Kier molecular flexibility index (Phi) is 5.70. The molecule has 0 bridgehead atoms. The van der Waals surface area contributed by atoms with Gasteiger partial charge in [-0.15, -0.1) is 0 Å². The van der Waals surface area contributed by atoms with E-state index >= 15 is 0 Å². The summed E-state index contributed by atoms with van der Waals surface area (Å²) in [5, 5.41) is 0. The van der Waals surface area contributed by atoms with Crippen LogP contribution >= 0.6 is 0 Å². The first-order valence-electron chi connectivity index (χ1n) is 7.69. The number of benzene rings is 1. The van der Waals surface area contributed by atoms with E-state index < -0.39 is 48.3 Å². The molecule has 2 atom stereocenters. The molecule has 0 saturated heterocycles. The van der Waals surface area contributed by atoms with Gasteiger partial charge in [-0.05, 0) is 23.0 Å². The number of carbonyl (C=O) groups is 2. The summed E-state index contributed by atoms with van der Waals surface area (Å²) in [5.74, 6) is -3.75. The molecule has 4 nitrogen and oxygen atoms in total. The molecule has 130 valence electrons. The van der Waals surface area contributed by atoms with Crippen LogP contribution in [0.2, 0.25) is 0 Å². The first kappa shape index (κ1) is 18.1. The molecule has 0 unspecified atom stereocenters. The number of hydrogen-bond acceptors (Lipinski definition) is 4. The molecule has 1 aliphatic rings. The topological polar surface area (TPSA) is 52.6 Å². The van der Waals surface area contributed by atoms with Crippen LogP contribution in [-0.2, 0) is 25.7 Å². The van der Waals surface area contributed by atoms with Crippen molar-refractivity contribution in [2.75, 3.05) is 13.3 Å². The van der Waals surface area contributed by atoms with Crippen molar-refractivity contribution in [2.24, 2.45) is 17.3 Å². The Bertz CT molecular complexity index is 625. The lowest BCUT2D eigenvalue weighted by Crippen LogP contribution is -2.10. The van der Waals surface area contributed by atoms with E-state index in [-0.39, 0.29) is 6.61 Å². The van der Waals surface area contributed by atoms with Crippen molar-refractivity contribution >= 4 is 11.9 Å². The van der Waals surface area contributed by atoms with Crippen LogP contribution in [-0.4, -0.2) is 25.2 Å². The Hall–Kier alpha value is -2.24. The van der Waals surface area contributed by atoms with Gasteiger partial charge >= 0.3 is 11.9 Å². The summed E-state index contributed by atoms with van der Waals surface area (Å²) in [7, 11) is 0. The van der Waals surface area contributed by atoms with Crippen LogP contribution < -0.4 is 0 Å². The van der Waals surface area contributed by atoms with Gasteiger partial charge in [0.25, 0.3) is 0 Å². The van der Waals surface area contributed by atoms with E-state index in [1.807, 2.05) is 30.3 Å². The third kappa shape index (κ3) is 4.19. The van der Waals surface area contributed by atoms with Gasteiger partial charge in [-0.25, -0.2) is 9.18 Å². The maximum Gasteiger partial charge on any atom is 0.366 e. The predicted molar refractivity (Wildman–Crippen MR) is 83.1 cm³/mol. The van der Waals surface area contributed by atoms with Crippen molar-refractivity contribution in [3.8, 4) is 0 Å². The quantitative estimate of drug-likeness (QED) is 0.565. The lowest BCUT2D eigenvalue weighted by molar-refractivity contribution is -0.147. The molecule has 1 fully saturated rings. The van der Waals surface area contributed by atoms with Crippen molar-refractivity contribution in [1.82, 2.24) is 0 Å². The highest BCUT2D eigenvalue weighted by Crippen LogP contribution is 2.60. The monoisotopic (exact) mass is 338 g/mol. The fourth-order valence-corrected chi connectivity index (χ4v) is 2.68. The number of hydrogen-bond donors (Lipinski definition) is 0. The molecule has 0 heterocycles. The lowest BCUT2D eigenvalue weighted by Gasteiger charge is -2.05. The summed E-state index contributed by atoms with van der Waals surface area (Å²) in [6.45, 7) is 2.37. The summed E-state index contributed by atoms with van der Waals surface area (Å²) in [6, 6.07) is 9.22. The fourth-order valence-electron chi connectivity index (χ4n) is 2.68. The largest absolute Gasteiger partial charge is 0.461 e. The summed E-state index contributed by atoms with van der Waals surface area (Å²) < 4.78 is 35.3. The molecule has 2 rings (SSSR count). The number of esters is 2. The maximum absolute atomic E-state index is 13.8. The van der Waals surface area contributed by atoms with Crippen LogP contribution in [0.15, 0.2) is 42.2 Å². The Morgan fingerprint density at radius 3 is 2.50 bits per heavy atom. The first-order valence-corrected chi connectivity index (χ1v) is 7.69. The summed E-state index contributed by atoms with van der Waals surface area (Å²) >= 11 is 0. The average Bonchev–Trinajstić information content (AvgIpc) is 3.11. The molecule has 0 spiro atoms. The molecular weight excluding hydrogens is 318 g/mol. The molecule has 0 N–H and O–H groups in total. The van der Waals surface area contributed by atoms with E-state index in [0.29, 0.717) is 0 Å². The molecule has 0 aromatic heterocycles. The van der Waals surface area contributed by atoms with Crippen LogP contribution in [0.3, 0.4) is 0 Å². The third-order valence-electron chi connectivity index (χ3n) is 4.22. The Labute approximate surface area is 139 Å². The Balaban J connectivity index is 1.93. The zero-order valence-corrected chi connectivity index (χ0v) is 13.6. The van der Waals surface area contributed by atoms with E-state index in [4.69, 9.17) is 4.74 Å². The molecule has 1 saturated carbocycles. The Morgan fingerprint density at radius 2 is 1.88 bits per heavy atom. The number of halogens is 2. The zero-order valence-electron chi connectivity index (χ0n) is 13.6. The van der Waals surface area contributed by atoms with Gasteiger partial charge in [0.1, 0.15) is 19.9 Å². The molecule has 1 aliphatic carbocycles. The second-order valence-corrected chi connectivity index (χ2v) is 6.26. The molecule has 0 amide bonds. The summed E-state index contributed by atoms with van der Waals surface area (Å²) in [4.78, 5) is 23.5. The number of ether oxygens (including phenoxy) is 2. The minimum absolute atomic E-state index is 0.143. The standard InChI is InChI=1S/C18H20F2O4/c1-18(2)13(10-14(20)16(21)23-9-8-19)15(18)17(22)24-11-12-6-4-3-5-7-12/h3-7,10,13,15H,8-9,11H2,1-2H3/b14-10+/t13-,15-/m0/s1. The second-order valence-electron chi connectivity index (χ2n) is 6.26. The van der Waals surface area contributed by atoms with Gasteiger partial charge in [-0.3, -0.25) is 4.79 Å². The van der Waals surface area contributed by atoms with Gasteiger partial charge in [0.05, 0.1) is 5.92 Å². The van der Waals surface area contributed by atoms with E-state index in [1.54, 1.807) is 13.8 Å². The van der Waals surface area contributed by atoms with Gasteiger partial charge in [0.15, 0.2) is 0 Å². The van der Waals surface area contributed by atoms with Crippen LogP contribution in [0.25, 0.3) is 0 Å². The molecule has 0 aliphatic heterocycles. The molecule has 1 aromatic carbocycles. The molecule has 1 aromatic rings. The van der Waals surface area contributed by atoms with Crippen LogP contribution in [0.1, 0.15) is 19.4 Å². The fraction of sp³-hybridized carbons (Fsp3) is 0.444. The van der Waals surface area contributed by atoms with Crippen molar-refractivity contribution in [3.05, 3.63) is 47.8 Å². The number of carbonyl (C=O) groups excluding carboxylic acids is 2. The average molecular weight is 338 g/mol. The van der Waals surface area contributed by atoms with Crippen LogP contribution in [0, 0.1) is 17.3 Å². The van der Waals surface area contributed by atoms with Gasteiger partial charge < -0.3 is 9.47 Å². The number of rotatable bonds is 7. The van der Waals surface area contributed by atoms with Crippen LogP contribution in [0.4, 0.5) is 8.78 Å². The lowest BCUT2D eigenvalue weighted by atomic mass is 10.1. The minimum atomic E-state index is -1.22.